The van der Waals surface area contributed by atoms with Gasteiger partial charge < -0.3 is 29.9 Å². The van der Waals surface area contributed by atoms with E-state index in [9.17, 15) is 9.59 Å². The summed E-state index contributed by atoms with van der Waals surface area (Å²) in [6, 6.07) is 18.1. The second-order valence-electron chi connectivity index (χ2n) is 10.5. The Morgan fingerprint density at radius 1 is 0.805 bits per heavy atom. The number of carbonyl (C=O) groups is 2. The van der Waals surface area contributed by atoms with Crippen LogP contribution < -0.4 is 25.0 Å². The monoisotopic (exact) mass is 553 g/mol. The quantitative estimate of drug-likeness (QED) is 0.313. The van der Waals surface area contributed by atoms with E-state index in [0.717, 1.165) is 40.9 Å². The van der Waals surface area contributed by atoms with E-state index >= 15 is 0 Å². The number of aryl methyl sites for hydroxylation is 2. The minimum absolute atomic E-state index is 0.243. The van der Waals surface area contributed by atoms with Crippen molar-refractivity contribution in [3.8, 4) is 11.5 Å². The highest BCUT2D eigenvalue weighted by Gasteiger charge is 2.17. The molecule has 0 bridgehead atoms. The molecule has 3 aromatic carbocycles. The maximum absolute atomic E-state index is 13.4. The Balaban J connectivity index is 1.35. The number of ether oxygens (including phenoxy) is 2. The third-order valence-electron chi connectivity index (χ3n) is 7.02. The first-order chi connectivity index (χ1) is 19.7. The number of likely N-dealkylation sites (N-methyl/N-ethyl adjacent to an activating group) is 2. The molecule has 41 heavy (non-hydrogen) atoms. The van der Waals surface area contributed by atoms with Gasteiger partial charge in [-0.3, -0.25) is 14.6 Å². The van der Waals surface area contributed by atoms with Gasteiger partial charge in [0.25, 0.3) is 11.8 Å². The van der Waals surface area contributed by atoms with Crippen LogP contribution in [0.1, 0.15) is 32.0 Å². The fraction of sp³-hybridized carbons (Fsp3) is 0.281. The van der Waals surface area contributed by atoms with E-state index in [0.29, 0.717) is 47.2 Å². The average Bonchev–Trinajstić information content (AvgIpc) is 2.96. The van der Waals surface area contributed by atoms with Crippen LogP contribution in [0.3, 0.4) is 0 Å². The number of anilines is 3. The van der Waals surface area contributed by atoms with Crippen LogP contribution in [0.25, 0.3) is 10.9 Å². The van der Waals surface area contributed by atoms with E-state index in [1.807, 2.05) is 46.1 Å². The van der Waals surface area contributed by atoms with Crippen molar-refractivity contribution >= 4 is 39.8 Å². The molecule has 1 aliphatic heterocycles. The highest BCUT2D eigenvalue weighted by Crippen LogP contribution is 2.31. The van der Waals surface area contributed by atoms with E-state index < -0.39 is 0 Å². The predicted molar refractivity (Wildman–Crippen MR) is 163 cm³/mol. The summed E-state index contributed by atoms with van der Waals surface area (Å²) >= 11 is 0. The largest absolute Gasteiger partial charge is 0.486 e. The first kappa shape index (κ1) is 27.9. The van der Waals surface area contributed by atoms with Crippen molar-refractivity contribution in [1.29, 1.82) is 0 Å². The Hall–Kier alpha value is -4.63. The lowest BCUT2D eigenvalue weighted by Crippen LogP contribution is -2.28. The molecule has 9 nitrogen and oxygen atoms in total. The molecule has 1 aliphatic rings. The van der Waals surface area contributed by atoms with Crippen LogP contribution in [0.4, 0.5) is 17.1 Å². The molecule has 0 aliphatic carbocycles. The molecule has 0 atom stereocenters. The van der Waals surface area contributed by atoms with E-state index in [1.165, 1.54) is 0 Å². The molecule has 0 saturated carbocycles. The van der Waals surface area contributed by atoms with Crippen LogP contribution in [0.2, 0.25) is 0 Å². The molecular formula is C32H35N5O4. The molecule has 0 unspecified atom stereocenters. The summed E-state index contributed by atoms with van der Waals surface area (Å²) in [6.07, 6.45) is 0. The van der Waals surface area contributed by atoms with Crippen molar-refractivity contribution in [2.45, 2.75) is 13.8 Å². The van der Waals surface area contributed by atoms with E-state index in [-0.39, 0.29) is 11.8 Å². The molecule has 4 aromatic rings. The third-order valence-corrected chi connectivity index (χ3v) is 7.02. The summed E-state index contributed by atoms with van der Waals surface area (Å²) in [4.78, 5) is 35.4. The lowest BCUT2D eigenvalue weighted by atomic mass is 10.1. The Morgan fingerprint density at radius 3 is 2.29 bits per heavy atom. The van der Waals surface area contributed by atoms with Crippen molar-refractivity contribution in [1.82, 2.24) is 9.88 Å². The maximum Gasteiger partial charge on any atom is 0.255 e. The number of hydrogen-bond acceptors (Lipinski definition) is 7. The van der Waals surface area contributed by atoms with Crippen molar-refractivity contribution in [3.63, 3.8) is 0 Å². The number of rotatable bonds is 8. The second kappa shape index (κ2) is 11.9. The molecule has 0 saturated heterocycles. The minimum Gasteiger partial charge on any atom is -0.486 e. The standard InChI is InChI=1S/C32H35N5O4/c1-20-6-9-24(34-31(38)23-8-11-29-30(18-23)41-15-14-40-29)19-27(20)35-32(39)22-7-10-26-25(17-22)28(16-21(2)33-26)37(5)13-12-36(3)4/h6-11,16-19H,12-15H2,1-5H3,(H,34,38)(H,35,39). The molecule has 212 valence electrons. The third kappa shape index (κ3) is 6.41. The number of carbonyl (C=O) groups excluding carboxylic acids is 2. The van der Waals surface area contributed by atoms with Crippen LogP contribution in [0.15, 0.2) is 60.7 Å². The molecule has 0 fully saturated rings. The Kier molecular flexibility index (Phi) is 8.07. The maximum atomic E-state index is 13.4. The van der Waals surface area contributed by atoms with Crippen LogP contribution in [-0.4, -0.2) is 69.1 Å². The summed E-state index contributed by atoms with van der Waals surface area (Å²) in [5, 5.41) is 6.85. The Bertz CT molecular complexity index is 1620. The van der Waals surface area contributed by atoms with Crippen molar-refractivity contribution in [2.24, 2.45) is 0 Å². The SMILES string of the molecule is Cc1cc(N(C)CCN(C)C)c2cc(C(=O)Nc3cc(NC(=O)c4ccc5c(c4)OCCO5)ccc3C)ccc2n1. The minimum atomic E-state index is -0.286. The highest BCUT2D eigenvalue weighted by atomic mass is 16.6. The summed E-state index contributed by atoms with van der Waals surface area (Å²) in [5.41, 5.74) is 5.82. The number of hydrogen-bond donors (Lipinski definition) is 2. The lowest BCUT2D eigenvalue weighted by molar-refractivity contribution is 0.101. The zero-order chi connectivity index (χ0) is 29.1. The van der Waals surface area contributed by atoms with Gasteiger partial charge in [0.1, 0.15) is 13.2 Å². The van der Waals surface area contributed by atoms with Gasteiger partial charge in [-0.1, -0.05) is 6.07 Å². The van der Waals surface area contributed by atoms with Gasteiger partial charge in [-0.15, -0.1) is 0 Å². The zero-order valence-electron chi connectivity index (χ0n) is 24.1. The lowest BCUT2D eigenvalue weighted by Gasteiger charge is -2.23. The van der Waals surface area contributed by atoms with Crippen LogP contribution in [0.5, 0.6) is 11.5 Å². The van der Waals surface area contributed by atoms with E-state index in [4.69, 9.17) is 9.47 Å². The first-order valence-electron chi connectivity index (χ1n) is 13.6. The fourth-order valence-corrected chi connectivity index (χ4v) is 4.68. The number of amides is 2. The van der Waals surface area contributed by atoms with Crippen molar-refractivity contribution in [2.75, 3.05) is 63.0 Å². The smallest absolute Gasteiger partial charge is 0.255 e. The number of aromatic nitrogens is 1. The highest BCUT2D eigenvalue weighted by molar-refractivity contribution is 6.09. The van der Waals surface area contributed by atoms with Gasteiger partial charge in [-0.05, 0) is 88.1 Å². The van der Waals surface area contributed by atoms with Gasteiger partial charge in [0, 0.05) is 59.4 Å². The summed E-state index contributed by atoms with van der Waals surface area (Å²) in [7, 11) is 6.15. The normalized spacial score (nSPS) is 12.3. The van der Waals surface area contributed by atoms with Gasteiger partial charge in [0.15, 0.2) is 11.5 Å². The van der Waals surface area contributed by atoms with Gasteiger partial charge in [-0.2, -0.15) is 0 Å². The van der Waals surface area contributed by atoms with Gasteiger partial charge >= 0.3 is 0 Å². The van der Waals surface area contributed by atoms with Gasteiger partial charge in [-0.25, -0.2) is 0 Å². The number of pyridine rings is 1. The van der Waals surface area contributed by atoms with E-state index in [1.54, 1.807) is 36.4 Å². The molecule has 2 heterocycles. The molecular weight excluding hydrogens is 518 g/mol. The molecule has 0 radical (unpaired) electrons. The molecule has 1 aromatic heterocycles. The fourth-order valence-electron chi connectivity index (χ4n) is 4.68. The Morgan fingerprint density at radius 2 is 1.51 bits per heavy atom. The molecule has 2 N–H and O–H groups in total. The first-order valence-corrected chi connectivity index (χ1v) is 13.6. The summed E-state index contributed by atoms with van der Waals surface area (Å²) in [6.45, 7) is 6.56. The van der Waals surface area contributed by atoms with Crippen LogP contribution in [-0.2, 0) is 0 Å². The Labute approximate surface area is 240 Å². The van der Waals surface area contributed by atoms with Crippen molar-refractivity contribution in [3.05, 3.63) is 83.0 Å². The average molecular weight is 554 g/mol. The van der Waals surface area contributed by atoms with E-state index in [2.05, 4.69) is 38.5 Å². The van der Waals surface area contributed by atoms with Crippen molar-refractivity contribution < 1.29 is 19.1 Å². The number of benzene rings is 3. The van der Waals surface area contributed by atoms with Gasteiger partial charge in [0.2, 0.25) is 0 Å². The van der Waals surface area contributed by atoms with Gasteiger partial charge in [0.05, 0.1) is 5.52 Å². The van der Waals surface area contributed by atoms with Crippen LogP contribution >= 0.6 is 0 Å². The summed E-state index contributed by atoms with van der Waals surface area (Å²) < 4.78 is 11.1. The summed E-state index contributed by atoms with van der Waals surface area (Å²) in [5.74, 6) is 0.646. The predicted octanol–water partition coefficient (Wildman–Crippen LogP) is 5.13. The topological polar surface area (TPSA) is 96.0 Å². The molecule has 5 rings (SSSR count). The number of fused-ring (bicyclic) bond motifs is 2. The molecule has 9 heteroatoms. The molecule has 0 spiro atoms. The molecule has 2 amide bonds. The zero-order valence-corrected chi connectivity index (χ0v) is 24.1. The second-order valence-corrected chi connectivity index (χ2v) is 10.5. The number of nitrogens with zero attached hydrogens (tertiary/aromatic N) is 3. The van der Waals surface area contributed by atoms with Crippen LogP contribution in [0, 0.1) is 13.8 Å². The number of nitrogens with one attached hydrogen (secondary N) is 2.